The first-order valence-electron chi connectivity index (χ1n) is 6.95. The first kappa shape index (κ1) is 16.7. The lowest BCUT2D eigenvalue weighted by molar-refractivity contribution is 0.243. The van der Waals surface area contributed by atoms with Crippen LogP contribution in [0.1, 0.15) is 19.8 Å². The molecule has 2 atom stereocenters. The van der Waals surface area contributed by atoms with Crippen LogP contribution < -0.4 is 10.5 Å². The number of hydrogen-bond acceptors (Lipinski definition) is 4. The molecular formula is C14H21BrN2O3S. The van der Waals surface area contributed by atoms with E-state index in [1.54, 1.807) is 18.2 Å². The summed E-state index contributed by atoms with van der Waals surface area (Å²) in [6, 6.07) is 4.84. The molecule has 0 spiro atoms. The molecule has 0 aliphatic carbocycles. The van der Waals surface area contributed by atoms with Crippen LogP contribution in [0.4, 0.5) is 0 Å². The molecule has 0 aromatic heterocycles. The van der Waals surface area contributed by atoms with Gasteiger partial charge in [0.15, 0.2) is 0 Å². The molecule has 2 N–H and O–H groups in total. The van der Waals surface area contributed by atoms with Gasteiger partial charge in [0.1, 0.15) is 5.75 Å². The monoisotopic (exact) mass is 376 g/mol. The highest BCUT2D eigenvalue weighted by molar-refractivity contribution is 9.10. The van der Waals surface area contributed by atoms with Gasteiger partial charge in [0.05, 0.1) is 16.5 Å². The smallest absolute Gasteiger partial charge is 0.243 e. The van der Waals surface area contributed by atoms with Gasteiger partial charge < -0.3 is 10.5 Å². The first-order chi connectivity index (χ1) is 9.86. The lowest BCUT2D eigenvalue weighted by atomic mass is 9.93. The van der Waals surface area contributed by atoms with Crippen molar-refractivity contribution in [1.29, 1.82) is 0 Å². The molecule has 1 aromatic rings. The summed E-state index contributed by atoms with van der Waals surface area (Å²) in [6.07, 6.45) is 1.83. The molecule has 0 bridgehead atoms. The highest BCUT2D eigenvalue weighted by Gasteiger charge is 2.31. The maximum absolute atomic E-state index is 12.7. The predicted octanol–water partition coefficient (Wildman–Crippen LogP) is 2.21. The molecule has 7 heteroatoms. The molecule has 5 nitrogen and oxygen atoms in total. The number of ether oxygens (including phenoxy) is 1. The molecule has 2 rings (SSSR count). The average molecular weight is 377 g/mol. The molecule has 0 unspecified atom stereocenters. The Balaban J connectivity index is 2.29. The van der Waals surface area contributed by atoms with Crippen molar-refractivity contribution in [1.82, 2.24) is 4.31 Å². The minimum Gasteiger partial charge on any atom is -0.496 e. The van der Waals surface area contributed by atoms with E-state index in [1.165, 1.54) is 11.4 Å². The Labute approximate surface area is 134 Å². The van der Waals surface area contributed by atoms with E-state index in [0.717, 1.165) is 17.3 Å². The van der Waals surface area contributed by atoms with E-state index in [4.69, 9.17) is 10.5 Å². The number of sulfonamides is 1. The fraction of sp³-hybridized carbons (Fsp3) is 0.571. The van der Waals surface area contributed by atoms with Gasteiger partial charge in [-0.2, -0.15) is 4.31 Å². The molecule has 1 aliphatic heterocycles. The third kappa shape index (κ3) is 3.59. The fourth-order valence-electron chi connectivity index (χ4n) is 2.57. The second-order valence-corrected chi connectivity index (χ2v) is 8.21. The van der Waals surface area contributed by atoms with Gasteiger partial charge in [-0.25, -0.2) is 8.42 Å². The SMILES string of the molecule is COc1cc(S(=O)(=O)N2CCC[C@@H]([C@H](C)N)C2)ccc1Br. The van der Waals surface area contributed by atoms with Crippen molar-refractivity contribution in [3.05, 3.63) is 22.7 Å². The predicted molar refractivity (Wildman–Crippen MR) is 85.8 cm³/mol. The third-order valence-corrected chi connectivity index (χ3v) is 6.44. The molecule has 1 aromatic carbocycles. The van der Waals surface area contributed by atoms with Crippen LogP contribution in [0.2, 0.25) is 0 Å². The van der Waals surface area contributed by atoms with E-state index in [9.17, 15) is 8.42 Å². The van der Waals surface area contributed by atoms with Crippen LogP contribution in [0.25, 0.3) is 0 Å². The summed E-state index contributed by atoms with van der Waals surface area (Å²) in [4.78, 5) is 0.257. The number of hydrogen-bond donors (Lipinski definition) is 1. The van der Waals surface area contributed by atoms with Gasteiger partial charge in [0.2, 0.25) is 10.0 Å². The Morgan fingerprint density at radius 3 is 2.81 bits per heavy atom. The summed E-state index contributed by atoms with van der Waals surface area (Å²) in [5.74, 6) is 0.725. The lowest BCUT2D eigenvalue weighted by Crippen LogP contribution is -2.44. The number of benzene rings is 1. The Hall–Kier alpha value is -0.630. The molecule has 1 aliphatic rings. The normalized spacial score (nSPS) is 22.0. The van der Waals surface area contributed by atoms with Gasteiger partial charge in [0, 0.05) is 25.2 Å². The summed E-state index contributed by atoms with van der Waals surface area (Å²) < 4.78 is 32.9. The van der Waals surface area contributed by atoms with Crippen molar-refractivity contribution >= 4 is 26.0 Å². The maximum atomic E-state index is 12.7. The first-order valence-corrected chi connectivity index (χ1v) is 9.19. The molecule has 1 fully saturated rings. The Morgan fingerprint density at radius 2 is 2.19 bits per heavy atom. The Kier molecular flexibility index (Phi) is 5.29. The summed E-state index contributed by atoms with van der Waals surface area (Å²) in [5.41, 5.74) is 5.93. The van der Waals surface area contributed by atoms with E-state index < -0.39 is 10.0 Å². The zero-order valence-corrected chi connectivity index (χ0v) is 14.7. The van der Waals surface area contributed by atoms with Gasteiger partial charge in [0.25, 0.3) is 0 Å². The molecule has 118 valence electrons. The molecule has 0 radical (unpaired) electrons. The highest BCUT2D eigenvalue weighted by atomic mass is 79.9. The van der Waals surface area contributed by atoms with Crippen molar-refractivity contribution in [2.75, 3.05) is 20.2 Å². The van der Waals surface area contributed by atoms with Crippen LogP contribution >= 0.6 is 15.9 Å². The molecule has 1 heterocycles. The summed E-state index contributed by atoms with van der Waals surface area (Å²) in [5, 5.41) is 0. The van der Waals surface area contributed by atoms with Crippen molar-refractivity contribution in [2.45, 2.75) is 30.7 Å². The molecule has 1 saturated heterocycles. The summed E-state index contributed by atoms with van der Waals surface area (Å²) in [7, 11) is -1.98. The van der Waals surface area contributed by atoms with E-state index in [1.807, 2.05) is 6.92 Å². The minimum absolute atomic E-state index is 0.00227. The number of methoxy groups -OCH3 is 1. The number of nitrogens with zero attached hydrogens (tertiary/aromatic N) is 1. The topological polar surface area (TPSA) is 72.6 Å². The number of rotatable bonds is 4. The summed E-state index contributed by atoms with van der Waals surface area (Å²) >= 11 is 3.33. The Bertz CT molecular complexity index is 604. The van der Waals surface area contributed by atoms with Crippen LogP contribution in [-0.2, 0) is 10.0 Å². The number of piperidine rings is 1. The second-order valence-electron chi connectivity index (χ2n) is 5.42. The van der Waals surface area contributed by atoms with Crippen LogP contribution in [-0.4, -0.2) is 39.0 Å². The lowest BCUT2D eigenvalue weighted by Gasteiger charge is -2.33. The van der Waals surface area contributed by atoms with E-state index in [0.29, 0.717) is 18.8 Å². The standard InChI is InChI=1S/C14H21BrN2O3S/c1-10(16)11-4-3-7-17(9-11)21(18,19)12-5-6-13(15)14(8-12)20-2/h5-6,8,10-11H,3-4,7,9,16H2,1-2H3/t10-,11+/m0/s1. The average Bonchev–Trinajstić information content (AvgIpc) is 2.47. The zero-order valence-electron chi connectivity index (χ0n) is 12.3. The number of nitrogens with two attached hydrogens (primary N) is 1. The van der Waals surface area contributed by atoms with Gasteiger partial charge >= 0.3 is 0 Å². The molecule has 0 saturated carbocycles. The van der Waals surface area contributed by atoms with Gasteiger partial charge in [-0.3, -0.25) is 0 Å². The molecule has 21 heavy (non-hydrogen) atoms. The molecule has 0 amide bonds. The maximum Gasteiger partial charge on any atom is 0.243 e. The minimum atomic E-state index is -3.50. The third-order valence-electron chi connectivity index (χ3n) is 3.92. The van der Waals surface area contributed by atoms with Crippen molar-refractivity contribution < 1.29 is 13.2 Å². The highest BCUT2D eigenvalue weighted by Crippen LogP contribution is 2.30. The van der Waals surface area contributed by atoms with Gasteiger partial charge in [-0.15, -0.1) is 0 Å². The van der Waals surface area contributed by atoms with Gasteiger partial charge in [-0.05, 0) is 53.7 Å². The summed E-state index contributed by atoms with van der Waals surface area (Å²) in [6.45, 7) is 2.96. The number of halogens is 1. The van der Waals surface area contributed by atoms with E-state index in [2.05, 4.69) is 15.9 Å². The Morgan fingerprint density at radius 1 is 1.48 bits per heavy atom. The van der Waals surface area contributed by atoms with Crippen molar-refractivity contribution in [3.63, 3.8) is 0 Å². The van der Waals surface area contributed by atoms with E-state index in [-0.39, 0.29) is 16.9 Å². The van der Waals surface area contributed by atoms with Crippen molar-refractivity contribution in [2.24, 2.45) is 11.7 Å². The zero-order chi connectivity index (χ0) is 15.6. The van der Waals surface area contributed by atoms with Gasteiger partial charge in [-0.1, -0.05) is 0 Å². The van der Waals surface area contributed by atoms with Crippen LogP contribution in [0.5, 0.6) is 5.75 Å². The van der Waals surface area contributed by atoms with Crippen LogP contribution in [0.15, 0.2) is 27.6 Å². The second kappa shape index (κ2) is 6.64. The van der Waals surface area contributed by atoms with Crippen molar-refractivity contribution in [3.8, 4) is 5.75 Å². The van der Waals surface area contributed by atoms with E-state index >= 15 is 0 Å². The quantitative estimate of drug-likeness (QED) is 0.873. The molecular weight excluding hydrogens is 356 g/mol. The largest absolute Gasteiger partial charge is 0.496 e. The fourth-order valence-corrected chi connectivity index (χ4v) is 4.53. The van der Waals surface area contributed by atoms with Crippen LogP contribution in [0.3, 0.4) is 0 Å². The van der Waals surface area contributed by atoms with Crippen LogP contribution in [0, 0.1) is 5.92 Å².